The summed E-state index contributed by atoms with van der Waals surface area (Å²) in [5.41, 5.74) is 1.66. The Bertz CT molecular complexity index is 318. The largest absolute Gasteiger partial charge is 0.274 e. The van der Waals surface area contributed by atoms with Crippen molar-refractivity contribution in [2.45, 2.75) is 6.92 Å². The molecular formula is C10H10ClNO. The third-order valence-electron chi connectivity index (χ3n) is 1.63. The standard InChI is InChI=1S/C10H10ClNO/c1-3-9-4-6-10(7-5-9)12(11)8(2)13/h3-7H,1H2,2H3. The van der Waals surface area contributed by atoms with Crippen LogP contribution in [0.25, 0.3) is 6.08 Å². The molecule has 0 saturated heterocycles. The number of halogens is 1. The van der Waals surface area contributed by atoms with Crippen molar-refractivity contribution in [1.29, 1.82) is 0 Å². The first-order valence-electron chi connectivity index (χ1n) is 3.84. The Morgan fingerprint density at radius 1 is 1.46 bits per heavy atom. The molecule has 0 aliphatic rings. The lowest BCUT2D eigenvalue weighted by atomic mass is 10.2. The lowest BCUT2D eigenvalue weighted by molar-refractivity contribution is -0.115. The second-order valence-electron chi connectivity index (χ2n) is 2.60. The molecule has 0 spiro atoms. The van der Waals surface area contributed by atoms with Gasteiger partial charge in [0.2, 0.25) is 5.91 Å². The van der Waals surface area contributed by atoms with Gasteiger partial charge in [0.25, 0.3) is 0 Å². The first kappa shape index (κ1) is 9.81. The SMILES string of the molecule is C=Cc1ccc(N(Cl)C(C)=O)cc1. The monoisotopic (exact) mass is 195 g/mol. The predicted octanol–water partition coefficient (Wildman–Crippen LogP) is 2.84. The molecule has 0 radical (unpaired) electrons. The summed E-state index contributed by atoms with van der Waals surface area (Å²) >= 11 is 5.69. The van der Waals surface area contributed by atoms with Gasteiger partial charge in [0.15, 0.2) is 0 Å². The third-order valence-corrected chi connectivity index (χ3v) is 2.07. The van der Waals surface area contributed by atoms with E-state index in [1.165, 1.54) is 6.92 Å². The van der Waals surface area contributed by atoms with Gasteiger partial charge in [-0.05, 0) is 17.7 Å². The molecule has 1 rings (SSSR count). The molecule has 2 nitrogen and oxygen atoms in total. The predicted molar refractivity (Wildman–Crippen MR) is 55.5 cm³/mol. The normalized spacial score (nSPS) is 9.38. The topological polar surface area (TPSA) is 20.3 Å². The van der Waals surface area contributed by atoms with Crippen LogP contribution < -0.4 is 4.42 Å². The highest BCUT2D eigenvalue weighted by Gasteiger charge is 2.06. The summed E-state index contributed by atoms with van der Waals surface area (Å²) < 4.78 is 1.08. The molecule has 68 valence electrons. The molecule has 0 fully saturated rings. The van der Waals surface area contributed by atoms with E-state index in [-0.39, 0.29) is 5.91 Å². The van der Waals surface area contributed by atoms with E-state index in [0.29, 0.717) is 5.69 Å². The number of hydrogen-bond acceptors (Lipinski definition) is 1. The van der Waals surface area contributed by atoms with E-state index in [0.717, 1.165) is 9.98 Å². The Balaban J connectivity index is 2.91. The molecule has 1 amide bonds. The van der Waals surface area contributed by atoms with Crippen LogP contribution in [0.2, 0.25) is 0 Å². The number of anilines is 1. The Morgan fingerprint density at radius 2 is 2.00 bits per heavy atom. The van der Waals surface area contributed by atoms with Crippen molar-refractivity contribution in [2.75, 3.05) is 4.42 Å². The molecule has 13 heavy (non-hydrogen) atoms. The minimum absolute atomic E-state index is 0.201. The summed E-state index contributed by atoms with van der Waals surface area (Å²) in [5, 5.41) is 0. The second-order valence-corrected chi connectivity index (χ2v) is 2.93. The fraction of sp³-hybridized carbons (Fsp3) is 0.100. The van der Waals surface area contributed by atoms with Crippen LogP contribution >= 0.6 is 11.8 Å². The molecule has 0 heterocycles. The van der Waals surface area contributed by atoms with Crippen LogP contribution in [0.5, 0.6) is 0 Å². The highest BCUT2D eigenvalue weighted by molar-refractivity contribution is 6.36. The highest BCUT2D eigenvalue weighted by Crippen LogP contribution is 2.17. The van der Waals surface area contributed by atoms with Crippen LogP contribution in [0.3, 0.4) is 0 Å². The minimum atomic E-state index is -0.201. The van der Waals surface area contributed by atoms with Gasteiger partial charge in [0, 0.05) is 18.7 Å². The third kappa shape index (κ3) is 2.33. The Morgan fingerprint density at radius 3 is 2.38 bits per heavy atom. The van der Waals surface area contributed by atoms with Crippen LogP contribution in [0.4, 0.5) is 5.69 Å². The molecule has 0 atom stereocenters. The van der Waals surface area contributed by atoms with Gasteiger partial charge in [-0.1, -0.05) is 24.8 Å². The first-order valence-corrected chi connectivity index (χ1v) is 4.18. The van der Waals surface area contributed by atoms with Crippen LogP contribution in [-0.4, -0.2) is 5.91 Å². The summed E-state index contributed by atoms with van der Waals surface area (Å²) in [7, 11) is 0. The summed E-state index contributed by atoms with van der Waals surface area (Å²) in [6, 6.07) is 7.23. The van der Waals surface area contributed by atoms with Gasteiger partial charge in [-0.25, -0.2) is 4.42 Å². The zero-order valence-electron chi connectivity index (χ0n) is 7.33. The van der Waals surface area contributed by atoms with Crippen molar-refractivity contribution < 1.29 is 4.79 Å². The first-order chi connectivity index (χ1) is 6.15. The van der Waals surface area contributed by atoms with Crippen molar-refractivity contribution in [3.63, 3.8) is 0 Å². The van der Waals surface area contributed by atoms with Crippen molar-refractivity contribution in [3.8, 4) is 0 Å². The highest BCUT2D eigenvalue weighted by atomic mass is 35.5. The van der Waals surface area contributed by atoms with Crippen LogP contribution in [0.15, 0.2) is 30.8 Å². The second kappa shape index (κ2) is 4.10. The van der Waals surface area contributed by atoms with Crippen molar-refractivity contribution in [1.82, 2.24) is 0 Å². The molecule has 0 aliphatic carbocycles. The molecule has 0 aromatic heterocycles. The van der Waals surface area contributed by atoms with Gasteiger partial charge in [0.05, 0.1) is 5.69 Å². The molecule has 0 aliphatic heterocycles. The van der Waals surface area contributed by atoms with E-state index in [1.807, 2.05) is 12.1 Å². The lowest BCUT2D eigenvalue weighted by Gasteiger charge is -2.10. The Hall–Kier alpha value is -1.28. The fourth-order valence-corrected chi connectivity index (χ4v) is 1.04. The molecule has 1 aromatic carbocycles. The van der Waals surface area contributed by atoms with Crippen LogP contribution in [-0.2, 0) is 4.79 Å². The minimum Gasteiger partial charge on any atom is -0.274 e. The number of rotatable bonds is 2. The van der Waals surface area contributed by atoms with Crippen molar-refractivity contribution >= 4 is 29.4 Å². The Labute approximate surface area is 82.5 Å². The average molecular weight is 196 g/mol. The summed E-state index contributed by atoms with van der Waals surface area (Å²) in [6.45, 7) is 5.04. The molecule has 3 heteroatoms. The number of benzene rings is 1. The molecule has 1 aromatic rings. The number of amides is 1. The summed E-state index contributed by atoms with van der Waals surface area (Å²) in [4.78, 5) is 10.9. The van der Waals surface area contributed by atoms with Gasteiger partial charge in [-0.3, -0.25) is 4.79 Å². The van der Waals surface area contributed by atoms with Crippen LogP contribution in [0, 0.1) is 0 Å². The maximum Gasteiger partial charge on any atom is 0.238 e. The molecule has 0 saturated carbocycles. The number of carbonyl (C=O) groups excluding carboxylic acids is 1. The molecular weight excluding hydrogens is 186 g/mol. The average Bonchev–Trinajstić information content (AvgIpc) is 2.17. The Kier molecular flexibility index (Phi) is 3.09. The maximum atomic E-state index is 10.9. The quantitative estimate of drug-likeness (QED) is 0.665. The molecule has 0 bridgehead atoms. The number of nitrogens with zero attached hydrogens (tertiary/aromatic N) is 1. The lowest BCUT2D eigenvalue weighted by Crippen LogP contribution is -2.16. The molecule has 0 N–H and O–H groups in total. The fourth-order valence-electron chi connectivity index (χ4n) is 0.923. The van der Waals surface area contributed by atoms with E-state index in [4.69, 9.17) is 11.8 Å². The molecule has 0 unspecified atom stereocenters. The van der Waals surface area contributed by atoms with Gasteiger partial charge < -0.3 is 0 Å². The zero-order valence-corrected chi connectivity index (χ0v) is 8.08. The van der Waals surface area contributed by atoms with E-state index >= 15 is 0 Å². The zero-order chi connectivity index (χ0) is 9.84. The van der Waals surface area contributed by atoms with Gasteiger partial charge >= 0.3 is 0 Å². The van der Waals surface area contributed by atoms with Crippen LogP contribution in [0.1, 0.15) is 12.5 Å². The summed E-state index contributed by atoms with van der Waals surface area (Å²) in [5.74, 6) is -0.201. The maximum absolute atomic E-state index is 10.9. The number of carbonyl (C=O) groups is 1. The van der Waals surface area contributed by atoms with E-state index < -0.39 is 0 Å². The van der Waals surface area contributed by atoms with Crippen molar-refractivity contribution in [2.24, 2.45) is 0 Å². The number of hydrogen-bond donors (Lipinski definition) is 0. The van der Waals surface area contributed by atoms with Gasteiger partial charge in [0.1, 0.15) is 0 Å². The summed E-state index contributed by atoms with van der Waals surface area (Å²) in [6.07, 6.45) is 1.73. The van der Waals surface area contributed by atoms with E-state index in [1.54, 1.807) is 18.2 Å². The van der Waals surface area contributed by atoms with E-state index in [9.17, 15) is 4.79 Å². The van der Waals surface area contributed by atoms with Gasteiger partial charge in [-0.2, -0.15) is 0 Å². The van der Waals surface area contributed by atoms with E-state index in [2.05, 4.69) is 6.58 Å². The smallest absolute Gasteiger partial charge is 0.238 e. The van der Waals surface area contributed by atoms with Gasteiger partial charge in [-0.15, -0.1) is 0 Å². The van der Waals surface area contributed by atoms with Crippen molar-refractivity contribution in [3.05, 3.63) is 36.4 Å².